The van der Waals surface area contributed by atoms with Crippen molar-refractivity contribution >= 4 is 29.0 Å². The molecular weight excluding hydrogens is 468 g/mol. The highest BCUT2D eigenvalue weighted by molar-refractivity contribution is 8.15. The van der Waals surface area contributed by atoms with E-state index in [9.17, 15) is 14.4 Å². The molecule has 2 aliphatic heterocycles. The van der Waals surface area contributed by atoms with Crippen molar-refractivity contribution in [3.05, 3.63) is 65.7 Å². The van der Waals surface area contributed by atoms with Crippen LogP contribution in [0.5, 0.6) is 5.75 Å². The summed E-state index contributed by atoms with van der Waals surface area (Å²) in [4.78, 5) is 37.0. The van der Waals surface area contributed by atoms with Crippen LogP contribution in [0, 0.1) is 0 Å². The molecule has 3 unspecified atom stereocenters. The number of hydrogen-bond acceptors (Lipinski definition) is 7. The van der Waals surface area contributed by atoms with Gasteiger partial charge in [0.15, 0.2) is 0 Å². The fraction of sp³-hybridized carbons (Fsp3) is 0.423. The molecule has 2 saturated heterocycles. The Balaban J connectivity index is 1.14. The molecule has 0 saturated carbocycles. The molecule has 186 valence electrons. The van der Waals surface area contributed by atoms with Gasteiger partial charge in [-0.3, -0.25) is 19.8 Å². The van der Waals surface area contributed by atoms with Crippen LogP contribution in [-0.2, 0) is 27.1 Å². The van der Waals surface area contributed by atoms with E-state index in [4.69, 9.17) is 14.2 Å². The van der Waals surface area contributed by atoms with Crippen molar-refractivity contribution in [1.82, 2.24) is 10.2 Å². The molecule has 2 fully saturated rings. The number of carbonyl (C=O) groups excluding carboxylic acids is 3. The molecule has 35 heavy (non-hydrogen) atoms. The van der Waals surface area contributed by atoms with Crippen molar-refractivity contribution in [2.45, 2.75) is 43.6 Å². The van der Waals surface area contributed by atoms with Crippen molar-refractivity contribution in [2.75, 3.05) is 26.4 Å². The summed E-state index contributed by atoms with van der Waals surface area (Å²) in [6.07, 6.45) is 1.73. The minimum atomic E-state index is -0.392. The van der Waals surface area contributed by atoms with Crippen molar-refractivity contribution in [3.63, 3.8) is 0 Å². The lowest BCUT2D eigenvalue weighted by molar-refractivity contribution is -0.118. The highest BCUT2D eigenvalue weighted by Gasteiger charge is 2.35. The fourth-order valence-electron chi connectivity index (χ4n) is 4.00. The summed E-state index contributed by atoms with van der Waals surface area (Å²) < 4.78 is 17.1. The quantitative estimate of drug-likeness (QED) is 0.445. The number of imide groups is 1. The lowest BCUT2D eigenvalue weighted by Gasteiger charge is -2.22. The average molecular weight is 499 g/mol. The number of carbonyl (C=O) groups is 3. The maximum atomic E-state index is 12.3. The van der Waals surface area contributed by atoms with E-state index >= 15 is 0 Å². The zero-order valence-electron chi connectivity index (χ0n) is 19.7. The van der Waals surface area contributed by atoms with Crippen LogP contribution in [0.15, 0.2) is 54.6 Å². The maximum absolute atomic E-state index is 12.3. The van der Waals surface area contributed by atoms with Crippen LogP contribution in [-0.4, -0.2) is 65.9 Å². The molecule has 3 amide bonds. The van der Waals surface area contributed by atoms with Gasteiger partial charge in [-0.1, -0.05) is 54.2 Å². The first-order chi connectivity index (χ1) is 17.0. The molecule has 8 nitrogen and oxygen atoms in total. The van der Waals surface area contributed by atoms with Gasteiger partial charge in [-0.2, -0.15) is 0 Å². The number of hydrogen-bond donors (Lipinski definition) is 1. The normalized spacial score (nSPS) is 20.6. The Morgan fingerprint density at radius 3 is 2.57 bits per heavy atom. The van der Waals surface area contributed by atoms with Crippen LogP contribution in [0.25, 0.3) is 0 Å². The molecule has 0 radical (unpaired) electrons. The monoisotopic (exact) mass is 498 g/mol. The van der Waals surface area contributed by atoms with E-state index in [2.05, 4.69) is 17.4 Å². The van der Waals surface area contributed by atoms with Gasteiger partial charge in [0, 0.05) is 6.61 Å². The van der Waals surface area contributed by atoms with E-state index in [1.54, 1.807) is 4.90 Å². The van der Waals surface area contributed by atoms with Crippen molar-refractivity contribution in [2.24, 2.45) is 0 Å². The molecule has 0 bridgehead atoms. The number of thioether (sulfide) groups is 1. The number of rotatable bonds is 12. The van der Waals surface area contributed by atoms with Crippen LogP contribution in [0.2, 0.25) is 0 Å². The lowest BCUT2D eigenvalue weighted by Crippen LogP contribution is -2.38. The van der Waals surface area contributed by atoms with Gasteiger partial charge >= 0.3 is 6.09 Å². The largest absolute Gasteiger partial charge is 0.491 e. The van der Waals surface area contributed by atoms with Crippen molar-refractivity contribution in [1.29, 1.82) is 0 Å². The predicted octanol–water partition coefficient (Wildman–Crippen LogP) is 3.82. The molecule has 0 aliphatic carbocycles. The highest BCUT2D eigenvalue weighted by atomic mass is 32.2. The molecule has 2 heterocycles. The smallest absolute Gasteiger partial charge is 0.410 e. The van der Waals surface area contributed by atoms with Gasteiger partial charge in [0.1, 0.15) is 18.5 Å². The summed E-state index contributed by atoms with van der Waals surface area (Å²) >= 11 is 1.02. The van der Waals surface area contributed by atoms with Crippen LogP contribution in [0.3, 0.4) is 0 Å². The molecule has 0 spiro atoms. The molecule has 0 aromatic heterocycles. The van der Waals surface area contributed by atoms with Crippen LogP contribution < -0.4 is 10.1 Å². The second-order valence-corrected chi connectivity index (χ2v) is 9.89. The third-order valence-electron chi connectivity index (χ3n) is 5.94. The number of nitrogens with zero attached hydrogens (tertiary/aromatic N) is 1. The van der Waals surface area contributed by atoms with Gasteiger partial charge in [0.2, 0.25) is 5.91 Å². The SMILES string of the molecule is CC(COc1ccc(CC2SC(=O)NC2=O)cc1)N1CC(COCCCc2ccccc2)OC1=O. The number of aryl methyl sites for hydroxylation is 1. The van der Waals surface area contributed by atoms with Gasteiger partial charge in [0.25, 0.3) is 5.24 Å². The summed E-state index contributed by atoms with van der Waals surface area (Å²) in [6.45, 7) is 3.73. The average Bonchev–Trinajstić information content (AvgIpc) is 3.39. The number of nitrogens with one attached hydrogen (secondary N) is 1. The first-order valence-electron chi connectivity index (χ1n) is 11.8. The van der Waals surface area contributed by atoms with E-state index in [0.717, 1.165) is 30.2 Å². The number of ether oxygens (including phenoxy) is 3. The third kappa shape index (κ3) is 7.22. The molecule has 2 aromatic rings. The lowest BCUT2D eigenvalue weighted by atomic mass is 10.1. The zero-order valence-corrected chi connectivity index (χ0v) is 20.5. The molecule has 1 N–H and O–H groups in total. The molecule has 3 atom stereocenters. The summed E-state index contributed by atoms with van der Waals surface area (Å²) in [6, 6.07) is 17.5. The zero-order chi connectivity index (χ0) is 24.6. The van der Waals surface area contributed by atoms with Gasteiger partial charge in [-0.25, -0.2) is 4.79 Å². The van der Waals surface area contributed by atoms with E-state index < -0.39 is 5.25 Å². The first kappa shape index (κ1) is 25.1. The predicted molar refractivity (Wildman–Crippen MR) is 133 cm³/mol. The topological polar surface area (TPSA) is 94.2 Å². The second kappa shape index (κ2) is 12.1. The molecule has 9 heteroatoms. The number of cyclic esters (lactones) is 1. The van der Waals surface area contributed by atoms with Crippen LogP contribution in [0.1, 0.15) is 24.5 Å². The molecular formula is C26H30N2O6S. The Morgan fingerprint density at radius 1 is 1.09 bits per heavy atom. The summed E-state index contributed by atoms with van der Waals surface area (Å²) in [5, 5.41) is 1.61. The van der Waals surface area contributed by atoms with Gasteiger partial charge < -0.3 is 14.2 Å². The Bertz CT molecular complexity index is 1020. The fourth-order valence-corrected chi connectivity index (χ4v) is 4.86. The minimum Gasteiger partial charge on any atom is -0.491 e. The van der Waals surface area contributed by atoms with Crippen molar-refractivity contribution in [3.8, 4) is 5.75 Å². The van der Waals surface area contributed by atoms with Gasteiger partial charge in [-0.15, -0.1) is 0 Å². The van der Waals surface area contributed by atoms with Crippen LogP contribution in [0.4, 0.5) is 9.59 Å². The Kier molecular flexibility index (Phi) is 8.65. The summed E-state index contributed by atoms with van der Waals surface area (Å²) in [5.41, 5.74) is 2.23. The molecule has 4 rings (SSSR count). The minimum absolute atomic E-state index is 0.158. The Hall–Kier alpha value is -3.04. The summed E-state index contributed by atoms with van der Waals surface area (Å²) in [7, 11) is 0. The van der Waals surface area contributed by atoms with E-state index in [1.165, 1.54) is 5.56 Å². The number of benzene rings is 2. The van der Waals surface area contributed by atoms with Gasteiger partial charge in [-0.05, 0) is 49.4 Å². The third-order valence-corrected chi connectivity index (χ3v) is 6.92. The number of amides is 3. The first-order valence-corrected chi connectivity index (χ1v) is 12.7. The maximum Gasteiger partial charge on any atom is 0.410 e. The highest BCUT2D eigenvalue weighted by Crippen LogP contribution is 2.24. The second-order valence-electron chi connectivity index (χ2n) is 8.71. The van der Waals surface area contributed by atoms with E-state index in [0.29, 0.717) is 38.5 Å². The molecule has 2 aromatic carbocycles. The van der Waals surface area contributed by atoms with E-state index in [-0.39, 0.29) is 29.4 Å². The standard InChI is InChI=1S/C26H30N2O6S/c1-18(16-33-21-11-9-20(10-12-21)14-23-24(29)27-25(30)35-23)28-15-22(34-26(28)31)17-32-13-5-8-19-6-3-2-4-7-19/h2-4,6-7,9-12,18,22-23H,5,8,13-17H2,1H3,(H,27,29,30). The van der Waals surface area contributed by atoms with Crippen LogP contribution >= 0.6 is 11.8 Å². The molecule has 2 aliphatic rings. The van der Waals surface area contributed by atoms with E-state index in [1.807, 2.05) is 49.4 Å². The Morgan fingerprint density at radius 2 is 1.86 bits per heavy atom. The Labute approximate surface area is 209 Å². The van der Waals surface area contributed by atoms with Gasteiger partial charge in [0.05, 0.1) is 24.4 Å². The summed E-state index contributed by atoms with van der Waals surface area (Å²) in [5.74, 6) is 0.425. The van der Waals surface area contributed by atoms with Crippen molar-refractivity contribution < 1.29 is 28.6 Å².